The molecule has 2 aliphatic rings. The zero-order valence-corrected chi connectivity index (χ0v) is 16.8. The molecule has 1 aliphatic carbocycles. The first-order valence-corrected chi connectivity index (χ1v) is 9.54. The summed E-state index contributed by atoms with van der Waals surface area (Å²) < 4.78 is 33.1. The smallest absolute Gasteiger partial charge is 0.165 e. The molecule has 0 radical (unpaired) electrons. The fraction of sp³-hybridized carbons (Fsp3) is 0.409. The summed E-state index contributed by atoms with van der Waals surface area (Å²) >= 11 is 5.64. The van der Waals surface area contributed by atoms with Crippen LogP contribution in [0.1, 0.15) is 38.7 Å². The molecule has 0 spiro atoms. The first-order valence-electron chi connectivity index (χ1n) is 9.16. The van der Waals surface area contributed by atoms with E-state index in [9.17, 15) is 18.7 Å². The van der Waals surface area contributed by atoms with Crippen molar-refractivity contribution in [3.8, 4) is 5.75 Å². The molecule has 1 heterocycles. The number of ether oxygens (including phenoxy) is 1. The van der Waals surface area contributed by atoms with Gasteiger partial charge in [0, 0.05) is 16.5 Å². The summed E-state index contributed by atoms with van der Waals surface area (Å²) in [7, 11) is 0. The predicted octanol–water partition coefficient (Wildman–Crippen LogP) is 5.22. The van der Waals surface area contributed by atoms with Gasteiger partial charge in [0.1, 0.15) is 12.1 Å². The van der Waals surface area contributed by atoms with Gasteiger partial charge in [0.2, 0.25) is 0 Å². The van der Waals surface area contributed by atoms with Gasteiger partial charge in [0.05, 0.1) is 18.1 Å². The molecule has 1 saturated carbocycles. The van der Waals surface area contributed by atoms with Crippen molar-refractivity contribution in [2.75, 3.05) is 6.61 Å². The van der Waals surface area contributed by atoms with E-state index in [1.54, 1.807) is 0 Å². The van der Waals surface area contributed by atoms with Crippen molar-refractivity contribution < 1.29 is 23.4 Å². The normalized spacial score (nSPS) is 26.4. The van der Waals surface area contributed by atoms with Crippen molar-refractivity contribution in [3.05, 3.63) is 64.7 Å². The summed E-state index contributed by atoms with van der Waals surface area (Å²) in [6.45, 7) is 7.64. The van der Waals surface area contributed by atoms with E-state index in [4.69, 9.17) is 16.3 Å². The number of carbonyl (C=O) groups is 1. The number of aldehydes is 1. The second-order valence-corrected chi connectivity index (χ2v) is 7.62. The fourth-order valence-electron chi connectivity index (χ4n) is 3.64. The molecule has 1 aromatic rings. The third-order valence-electron chi connectivity index (χ3n) is 5.14. The second-order valence-electron chi connectivity index (χ2n) is 7.18. The topological polar surface area (TPSA) is 46.5 Å². The number of hydrogen-bond acceptors (Lipinski definition) is 3. The average Bonchev–Trinajstić information content (AvgIpc) is 2.68. The SMILES string of the molecule is C=C(C)/C=C\C(Cl)=C/C.O=CC12CC[C@H](O)C[C@@H]1COc1c(F)ccc(F)c12. The highest BCUT2D eigenvalue weighted by Crippen LogP contribution is 2.50. The molecule has 1 N–H and O–H groups in total. The summed E-state index contributed by atoms with van der Waals surface area (Å²) in [6.07, 6.45) is 6.82. The number of aliphatic hydroxyl groups is 1. The highest BCUT2D eigenvalue weighted by molar-refractivity contribution is 6.31. The lowest BCUT2D eigenvalue weighted by molar-refractivity contribution is -0.119. The van der Waals surface area contributed by atoms with Gasteiger partial charge < -0.3 is 14.6 Å². The lowest BCUT2D eigenvalue weighted by Gasteiger charge is -2.45. The van der Waals surface area contributed by atoms with Gasteiger partial charge in [-0.05, 0) is 51.3 Å². The first-order chi connectivity index (χ1) is 13.2. The molecule has 0 saturated heterocycles. The van der Waals surface area contributed by atoms with E-state index >= 15 is 0 Å². The second kappa shape index (κ2) is 9.48. The highest BCUT2D eigenvalue weighted by atomic mass is 35.5. The summed E-state index contributed by atoms with van der Waals surface area (Å²) in [6, 6.07) is 2.03. The standard InChI is InChI=1S/C14H14F2O3.C8H11Cl/c15-10-1-2-11(16)13-12(10)14(7-17)4-3-9(18)5-8(14)6-19-13;1-4-8(9)6-5-7(2)3/h1-2,7-9,18H,3-6H2;4-6H,2H2,1,3H3/b;6-5-,8-4+/t8-,9+,14?;/m1./s1. The number of halogens is 3. The van der Waals surface area contributed by atoms with E-state index < -0.39 is 23.2 Å². The zero-order valence-electron chi connectivity index (χ0n) is 16.1. The molecule has 152 valence electrons. The van der Waals surface area contributed by atoms with Crippen LogP contribution in [-0.2, 0) is 10.2 Å². The van der Waals surface area contributed by atoms with Crippen molar-refractivity contribution in [3.63, 3.8) is 0 Å². The third-order valence-corrected chi connectivity index (χ3v) is 5.49. The molecule has 1 aliphatic heterocycles. The van der Waals surface area contributed by atoms with Crippen LogP contribution < -0.4 is 4.74 Å². The van der Waals surface area contributed by atoms with Crippen molar-refractivity contribution in [2.45, 2.75) is 44.6 Å². The molecular weight excluding hydrogens is 386 g/mol. The molecule has 3 rings (SSSR count). The Bertz CT molecular complexity index is 803. The van der Waals surface area contributed by atoms with Crippen molar-refractivity contribution >= 4 is 17.9 Å². The maximum absolute atomic E-state index is 14.1. The lowest BCUT2D eigenvalue weighted by Crippen LogP contribution is -2.49. The van der Waals surface area contributed by atoms with Crippen LogP contribution in [0.4, 0.5) is 8.78 Å². The van der Waals surface area contributed by atoms with Gasteiger partial charge in [-0.3, -0.25) is 0 Å². The largest absolute Gasteiger partial charge is 0.490 e. The maximum Gasteiger partial charge on any atom is 0.165 e. The predicted molar refractivity (Wildman–Crippen MR) is 107 cm³/mol. The molecule has 1 fully saturated rings. The number of rotatable bonds is 3. The van der Waals surface area contributed by atoms with Crippen molar-refractivity contribution in [2.24, 2.45) is 5.92 Å². The molecule has 3 nitrogen and oxygen atoms in total. The van der Waals surface area contributed by atoms with Gasteiger partial charge in [0.15, 0.2) is 11.6 Å². The Morgan fingerprint density at radius 2 is 2.04 bits per heavy atom. The maximum atomic E-state index is 14.1. The van der Waals surface area contributed by atoms with E-state index in [-0.39, 0.29) is 23.8 Å². The Kier molecular flexibility index (Phi) is 7.55. The van der Waals surface area contributed by atoms with E-state index in [1.165, 1.54) is 0 Å². The minimum atomic E-state index is -1.07. The summed E-state index contributed by atoms with van der Waals surface area (Å²) in [5.41, 5.74) is -0.0421. The van der Waals surface area contributed by atoms with Crippen LogP contribution in [0.2, 0.25) is 0 Å². The Labute approximate surface area is 169 Å². The summed E-state index contributed by atoms with van der Waals surface area (Å²) in [5.74, 6) is -1.73. The monoisotopic (exact) mass is 410 g/mol. The fourth-order valence-corrected chi connectivity index (χ4v) is 3.70. The number of carbonyl (C=O) groups excluding carboxylic acids is 1. The van der Waals surface area contributed by atoms with Gasteiger partial charge in [0.25, 0.3) is 0 Å². The van der Waals surface area contributed by atoms with Crippen LogP contribution in [0.3, 0.4) is 0 Å². The first kappa shape index (κ1) is 22.3. The molecular formula is C22H25ClF2O3. The average molecular weight is 411 g/mol. The van der Waals surface area contributed by atoms with Gasteiger partial charge in [-0.2, -0.15) is 0 Å². The minimum Gasteiger partial charge on any atom is -0.490 e. The van der Waals surface area contributed by atoms with Gasteiger partial charge in [-0.25, -0.2) is 8.78 Å². The van der Waals surface area contributed by atoms with E-state index in [0.29, 0.717) is 25.5 Å². The number of aliphatic hydroxyl groups excluding tert-OH is 1. The molecule has 0 bridgehead atoms. The Hall–Kier alpha value is -1.98. The van der Waals surface area contributed by atoms with Crippen molar-refractivity contribution in [1.29, 1.82) is 0 Å². The van der Waals surface area contributed by atoms with Crippen LogP contribution in [0.15, 0.2) is 47.5 Å². The molecule has 1 unspecified atom stereocenters. The highest BCUT2D eigenvalue weighted by Gasteiger charge is 2.51. The van der Waals surface area contributed by atoms with Gasteiger partial charge >= 0.3 is 0 Å². The van der Waals surface area contributed by atoms with E-state index in [1.807, 2.05) is 32.1 Å². The van der Waals surface area contributed by atoms with Crippen LogP contribution in [0, 0.1) is 17.6 Å². The van der Waals surface area contributed by atoms with Crippen LogP contribution >= 0.6 is 11.6 Å². The number of hydrogen-bond donors (Lipinski definition) is 1. The Morgan fingerprint density at radius 3 is 2.64 bits per heavy atom. The number of fused-ring (bicyclic) bond motifs is 3. The van der Waals surface area contributed by atoms with Crippen LogP contribution in [0.5, 0.6) is 5.75 Å². The van der Waals surface area contributed by atoms with Crippen LogP contribution in [0.25, 0.3) is 0 Å². The molecule has 0 aromatic heterocycles. The lowest BCUT2D eigenvalue weighted by atomic mass is 9.61. The van der Waals surface area contributed by atoms with E-state index in [2.05, 4.69) is 6.58 Å². The molecule has 28 heavy (non-hydrogen) atoms. The van der Waals surface area contributed by atoms with Gasteiger partial charge in [-0.1, -0.05) is 35.9 Å². The zero-order chi connectivity index (χ0) is 20.9. The summed E-state index contributed by atoms with van der Waals surface area (Å²) in [5, 5.41) is 10.4. The van der Waals surface area contributed by atoms with Crippen LogP contribution in [-0.4, -0.2) is 24.1 Å². The minimum absolute atomic E-state index is 0.0191. The quantitative estimate of drug-likeness (QED) is 0.549. The van der Waals surface area contributed by atoms with Crippen molar-refractivity contribution in [1.82, 2.24) is 0 Å². The Balaban J connectivity index is 0.000000266. The number of benzene rings is 1. The van der Waals surface area contributed by atoms with E-state index in [0.717, 1.165) is 22.7 Å². The molecule has 0 amide bonds. The third kappa shape index (κ3) is 4.70. The number of allylic oxidation sites excluding steroid dienone is 5. The Morgan fingerprint density at radius 1 is 1.36 bits per heavy atom. The van der Waals surface area contributed by atoms with Gasteiger partial charge in [-0.15, -0.1) is 0 Å². The molecule has 6 heteroatoms. The molecule has 1 aromatic carbocycles. The summed E-state index contributed by atoms with van der Waals surface area (Å²) in [4.78, 5) is 11.6. The molecule has 3 atom stereocenters.